The maximum atomic E-state index is 13.2. The van der Waals surface area contributed by atoms with Gasteiger partial charge in [-0.2, -0.15) is 0 Å². The van der Waals surface area contributed by atoms with Gasteiger partial charge < -0.3 is 4.74 Å². The summed E-state index contributed by atoms with van der Waals surface area (Å²) in [7, 11) is 1.73. The van der Waals surface area contributed by atoms with Crippen molar-refractivity contribution >= 4 is 5.78 Å². The predicted molar refractivity (Wildman–Crippen MR) is 130 cm³/mol. The van der Waals surface area contributed by atoms with Crippen LogP contribution in [0.3, 0.4) is 0 Å². The molecule has 1 saturated heterocycles. The Labute approximate surface area is 192 Å². The number of ketones is 1. The minimum absolute atomic E-state index is 0.0622. The van der Waals surface area contributed by atoms with Crippen LogP contribution in [-0.4, -0.2) is 30.9 Å². The molecule has 1 unspecified atom stereocenters. The zero-order valence-corrected chi connectivity index (χ0v) is 19.3. The summed E-state index contributed by atoms with van der Waals surface area (Å²) in [5.74, 6) is 1.76. The lowest BCUT2D eigenvalue weighted by atomic mass is 9.76. The molecule has 166 valence electrons. The first-order chi connectivity index (χ1) is 15.6. The lowest BCUT2D eigenvalue weighted by molar-refractivity contribution is -0.126. The molecule has 1 aliphatic heterocycles. The number of benzene rings is 3. The third-order valence-electron chi connectivity index (χ3n) is 6.63. The highest BCUT2D eigenvalue weighted by Crippen LogP contribution is 2.36. The van der Waals surface area contributed by atoms with Gasteiger partial charge in [0.25, 0.3) is 0 Å². The third kappa shape index (κ3) is 4.94. The van der Waals surface area contributed by atoms with Crippen molar-refractivity contribution in [2.24, 2.45) is 5.92 Å². The van der Waals surface area contributed by atoms with Crippen LogP contribution in [0.5, 0.6) is 5.75 Å². The monoisotopic (exact) mass is 427 g/mol. The summed E-state index contributed by atoms with van der Waals surface area (Å²) in [5, 5.41) is 0. The van der Waals surface area contributed by atoms with Crippen molar-refractivity contribution in [3.05, 3.63) is 101 Å². The Hall–Kier alpha value is -2.91. The first kappa shape index (κ1) is 22.3. The van der Waals surface area contributed by atoms with E-state index in [1.54, 1.807) is 7.11 Å². The van der Waals surface area contributed by atoms with E-state index >= 15 is 0 Å². The highest BCUT2D eigenvalue weighted by Gasteiger charge is 2.35. The number of carbonyl (C=O) groups excluding carboxylic acids is 1. The summed E-state index contributed by atoms with van der Waals surface area (Å²) in [6.45, 7) is 6.77. The quantitative estimate of drug-likeness (QED) is 0.460. The molecule has 0 spiro atoms. The Kier molecular flexibility index (Phi) is 7.06. The van der Waals surface area contributed by atoms with Crippen molar-refractivity contribution in [1.29, 1.82) is 0 Å². The highest BCUT2D eigenvalue weighted by molar-refractivity contribution is 5.83. The lowest BCUT2D eigenvalue weighted by Crippen LogP contribution is -2.43. The fourth-order valence-electron chi connectivity index (χ4n) is 4.86. The number of nitrogens with zero attached hydrogens (tertiary/aromatic N) is 1. The number of hydrogen-bond donors (Lipinski definition) is 0. The van der Waals surface area contributed by atoms with E-state index in [-0.39, 0.29) is 11.8 Å². The summed E-state index contributed by atoms with van der Waals surface area (Å²) < 4.78 is 5.66. The SMILES string of the molecule is COc1ccc(C(C)C)cc1CN1CCC(=O)C(C(c2ccccc2)c2ccccc2)C1. The molecule has 0 saturated carbocycles. The predicted octanol–water partition coefficient (Wildman–Crippen LogP) is 6.04. The Balaban J connectivity index is 1.63. The average Bonchev–Trinajstić information content (AvgIpc) is 2.82. The van der Waals surface area contributed by atoms with Crippen LogP contribution in [0.1, 0.15) is 54.4 Å². The van der Waals surface area contributed by atoms with Gasteiger partial charge in [0, 0.05) is 43.5 Å². The Morgan fingerprint density at radius 1 is 0.906 bits per heavy atom. The fourth-order valence-corrected chi connectivity index (χ4v) is 4.86. The molecule has 1 heterocycles. The van der Waals surface area contributed by atoms with Crippen LogP contribution >= 0.6 is 0 Å². The van der Waals surface area contributed by atoms with Crippen LogP contribution in [0.25, 0.3) is 0 Å². The summed E-state index contributed by atoms with van der Waals surface area (Å²) >= 11 is 0. The van der Waals surface area contributed by atoms with Gasteiger partial charge in [-0.15, -0.1) is 0 Å². The minimum atomic E-state index is -0.0622. The molecule has 3 aromatic rings. The maximum Gasteiger partial charge on any atom is 0.139 e. The minimum Gasteiger partial charge on any atom is -0.496 e. The fraction of sp³-hybridized carbons (Fsp3) is 0.345. The van der Waals surface area contributed by atoms with Crippen molar-refractivity contribution in [3.8, 4) is 5.75 Å². The summed E-state index contributed by atoms with van der Waals surface area (Å²) in [5.41, 5.74) is 4.93. The maximum absolute atomic E-state index is 13.2. The number of rotatable bonds is 7. The second-order valence-corrected chi connectivity index (χ2v) is 9.08. The summed E-state index contributed by atoms with van der Waals surface area (Å²) in [6, 6.07) is 27.4. The van der Waals surface area contributed by atoms with Crippen LogP contribution in [0.4, 0.5) is 0 Å². The molecule has 3 nitrogen and oxygen atoms in total. The summed E-state index contributed by atoms with van der Waals surface area (Å²) in [4.78, 5) is 15.6. The van der Waals surface area contributed by atoms with Crippen molar-refractivity contribution in [3.63, 3.8) is 0 Å². The molecule has 3 heteroatoms. The average molecular weight is 428 g/mol. The van der Waals surface area contributed by atoms with Crippen molar-refractivity contribution < 1.29 is 9.53 Å². The van der Waals surface area contributed by atoms with Crippen LogP contribution in [0.15, 0.2) is 78.9 Å². The topological polar surface area (TPSA) is 29.5 Å². The van der Waals surface area contributed by atoms with E-state index < -0.39 is 0 Å². The van der Waals surface area contributed by atoms with Crippen LogP contribution in [0.2, 0.25) is 0 Å². The van der Waals surface area contributed by atoms with E-state index in [1.165, 1.54) is 22.3 Å². The zero-order valence-electron chi connectivity index (χ0n) is 19.3. The normalized spacial score (nSPS) is 17.2. The number of piperidine rings is 1. The molecule has 1 fully saturated rings. The van der Waals surface area contributed by atoms with Crippen LogP contribution < -0.4 is 4.74 Å². The van der Waals surface area contributed by atoms with Gasteiger partial charge in [-0.3, -0.25) is 9.69 Å². The van der Waals surface area contributed by atoms with Crippen molar-refractivity contribution in [2.75, 3.05) is 20.2 Å². The number of carbonyl (C=O) groups is 1. The highest BCUT2D eigenvalue weighted by atomic mass is 16.5. The van der Waals surface area contributed by atoms with Crippen LogP contribution in [0, 0.1) is 5.92 Å². The number of likely N-dealkylation sites (tertiary alicyclic amines) is 1. The Morgan fingerprint density at radius 3 is 2.09 bits per heavy atom. The van der Waals surface area contributed by atoms with Gasteiger partial charge in [0.15, 0.2) is 0 Å². The first-order valence-corrected chi connectivity index (χ1v) is 11.6. The van der Waals surface area contributed by atoms with E-state index in [0.29, 0.717) is 18.1 Å². The van der Waals surface area contributed by atoms with E-state index in [0.717, 1.165) is 25.4 Å². The molecule has 0 aliphatic carbocycles. The molecule has 0 radical (unpaired) electrons. The standard InChI is InChI=1S/C29H33NO2/c1-21(2)24-14-15-28(32-3)25(18-24)19-30-17-16-27(31)26(20-30)29(22-10-6-4-7-11-22)23-12-8-5-9-13-23/h4-15,18,21,26,29H,16-17,19-20H2,1-3H3. The van der Waals surface area contributed by atoms with Crippen molar-refractivity contribution in [1.82, 2.24) is 4.90 Å². The molecule has 4 rings (SSSR count). The van der Waals surface area contributed by atoms with E-state index in [4.69, 9.17) is 4.74 Å². The molecule has 1 atom stereocenters. The third-order valence-corrected chi connectivity index (χ3v) is 6.63. The van der Waals surface area contributed by atoms with Crippen molar-refractivity contribution in [2.45, 2.75) is 38.6 Å². The van der Waals surface area contributed by atoms with Gasteiger partial charge in [-0.05, 0) is 28.7 Å². The number of methoxy groups -OCH3 is 1. The Bertz CT molecular complexity index is 990. The number of ether oxygens (including phenoxy) is 1. The molecule has 0 N–H and O–H groups in total. The zero-order chi connectivity index (χ0) is 22.5. The second-order valence-electron chi connectivity index (χ2n) is 9.08. The number of Topliss-reactive ketones (excluding diaryl/α,β-unsaturated/α-hetero) is 1. The molecule has 32 heavy (non-hydrogen) atoms. The molecular formula is C29H33NO2. The lowest BCUT2D eigenvalue weighted by Gasteiger charge is -2.36. The van der Waals surface area contributed by atoms with Crippen LogP contribution in [-0.2, 0) is 11.3 Å². The summed E-state index contributed by atoms with van der Waals surface area (Å²) in [6.07, 6.45) is 0.590. The second kappa shape index (κ2) is 10.1. The smallest absolute Gasteiger partial charge is 0.139 e. The molecular weight excluding hydrogens is 394 g/mol. The molecule has 3 aromatic carbocycles. The number of hydrogen-bond acceptors (Lipinski definition) is 3. The largest absolute Gasteiger partial charge is 0.496 e. The first-order valence-electron chi connectivity index (χ1n) is 11.6. The van der Waals surface area contributed by atoms with E-state index in [9.17, 15) is 4.79 Å². The Morgan fingerprint density at radius 2 is 1.53 bits per heavy atom. The van der Waals surface area contributed by atoms with Gasteiger partial charge in [0.1, 0.15) is 11.5 Å². The van der Waals surface area contributed by atoms with Gasteiger partial charge >= 0.3 is 0 Å². The van der Waals surface area contributed by atoms with Gasteiger partial charge in [-0.1, -0.05) is 86.6 Å². The molecule has 0 bridgehead atoms. The molecule has 0 aromatic heterocycles. The molecule has 1 aliphatic rings. The van der Waals surface area contributed by atoms with Gasteiger partial charge in [0.2, 0.25) is 0 Å². The van der Waals surface area contributed by atoms with Gasteiger partial charge in [-0.25, -0.2) is 0 Å². The van der Waals surface area contributed by atoms with E-state index in [2.05, 4.69) is 85.5 Å². The van der Waals surface area contributed by atoms with E-state index in [1.807, 2.05) is 12.1 Å². The molecule has 0 amide bonds. The van der Waals surface area contributed by atoms with Gasteiger partial charge in [0.05, 0.1) is 7.11 Å².